The van der Waals surface area contributed by atoms with Crippen LogP contribution in [0, 0.1) is 11.3 Å². The van der Waals surface area contributed by atoms with Gasteiger partial charge in [-0.1, -0.05) is 48.3 Å². The van der Waals surface area contributed by atoms with Crippen LogP contribution in [0.5, 0.6) is 0 Å². The Morgan fingerprint density at radius 2 is 1.92 bits per heavy atom. The summed E-state index contributed by atoms with van der Waals surface area (Å²) in [5, 5.41) is 11.3. The summed E-state index contributed by atoms with van der Waals surface area (Å²) in [6, 6.07) is 10.5. The van der Waals surface area contributed by atoms with Crippen LogP contribution in [0.25, 0.3) is 0 Å². The Morgan fingerprint density at radius 3 is 2.60 bits per heavy atom. The molecule has 0 spiro atoms. The van der Waals surface area contributed by atoms with Gasteiger partial charge in [0.15, 0.2) is 0 Å². The standard InChI is InChI=1S/C19H20ClN3OS/c20-14-7-5-13(6-8-14)16-9-18(24)23-11-22(15-3-1-2-4-15)12-25-19(23)17(16)10-21/h5-8,15-16H,1-4,9,11-12H2. The highest BCUT2D eigenvalue weighted by atomic mass is 35.5. The number of fused-ring (bicyclic) bond motifs is 1. The minimum absolute atomic E-state index is 0.115. The fourth-order valence-corrected chi connectivity index (χ4v) is 5.42. The summed E-state index contributed by atoms with van der Waals surface area (Å²) in [6.45, 7) is 0.629. The molecule has 25 heavy (non-hydrogen) atoms. The molecule has 1 amide bonds. The Balaban J connectivity index is 1.63. The van der Waals surface area contributed by atoms with Crippen molar-refractivity contribution in [2.24, 2.45) is 0 Å². The predicted octanol–water partition coefficient (Wildman–Crippen LogP) is 4.30. The molecule has 130 valence electrons. The van der Waals surface area contributed by atoms with Crippen molar-refractivity contribution in [1.82, 2.24) is 9.80 Å². The summed E-state index contributed by atoms with van der Waals surface area (Å²) < 4.78 is 0. The summed E-state index contributed by atoms with van der Waals surface area (Å²) in [5.41, 5.74) is 1.71. The molecule has 3 aliphatic rings. The smallest absolute Gasteiger partial charge is 0.229 e. The third kappa shape index (κ3) is 3.19. The predicted molar refractivity (Wildman–Crippen MR) is 99.7 cm³/mol. The highest BCUT2D eigenvalue weighted by Gasteiger charge is 2.39. The minimum Gasteiger partial charge on any atom is -0.292 e. The molecule has 4 nitrogen and oxygen atoms in total. The number of hydrogen-bond donors (Lipinski definition) is 0. The number of nitrogens with zero attached hydrogens (tertiary/aromatic N) is 3. The Kier molecular flexibility index (Phi) is 4.77. The molecule has 0 N–H and O–H groups in total. The van der Waals surface area contributed by atoms with Gasteiger partial charge in [0.2, 0.25) is 5.91 Å². The van der Waals surface area contributed by atoms with E-state index in [1.807, 2.05) is 29.2 Å². The molecule has 6 heteroatoms. The van der Waals surface area contributed by atoms with E-state index < -0.39 is 0 Å². The summed E-state index contributed by atoms with van der Waals surface area (Å²) in [6.07, 6.45) is 5.36. The largest absolute Gasteiger partial charge is 0.292 e. The highest BCUT2D eigenvalue weighted by molar-refractivity contribution is 8.03. The van der Waals surface area contributed by atoms with E-state index in [0.717, 1.165) is 22.0 Å². The van der Waals surface area contributed by atoms with Crippen LogP contribution in [0.1, 0.15) is 43.6 Å². The van der Waals surface area contributed by atoms with Crippen molar-refractivity contribution >= 4 is 29.3 Å². The molecular weight excluding hydrogens is 354 g/mol. The first-order chi connectivity index (χ1) is 12.2. The number of benzene rings is 1. The second kappa shape index (κ2) is 7.03. The number of thioether (sulfide) groups is 1. The van der Waals surface area contributed by atoms with E-state index in [2.05, 4.69) is 11.0 Å². The van der Waals surface area contributed by atoms with Crippen molar-refractivity contribution < 1.29 is 4.79 Å². The molecule has 2 aliphatic heterocycles. The minimum atomic E-state index is -0.161. The lowest BCUT2D eigenvalue weighted by atomic mass is 9.86. The average Bonchev–Trinajstić information content (AvgIpc) is 3.17. The monoisotopic (exact) mass is 373 g/mol. The molecule has 0 radical (unpaired) electrons. The van der Waals surface area contributed by atoms with Gasteiger partial charge in [-0.05, 0) is 30.5 Å². The Morgan fingerprint density at radius 1 is 1.20 bits per heavy atom. The van der Waals surface area contributed by atoms with Gasteiger partial charge in [-0.2, -0.15) is 5.26 Å². The van der Waals surface area contributed by atoms with E-state index in [9.17, 15) is 10.1 Å². The van der Waals surface area contributed by atoms with Crippen LogP contribution in [0.2, 0.25) is 5.02 Å². The van der Waals surface area contributed by atoms with Crippen LogP contribution < -0.4 is 0 Å². The first-order valence-corrected chi connectivity index (χ1v) is 10.1. The molecule has 1 saturated heterocycles. The quantitative estimate of drug-likeness (QED) is 0.775. The fourth-order valence-electron chi connectivity index (χ4n) is 4.06. The van der Waals surface area contributed by atoms with Crippen LogP contribution in [-0.2, 0) is 4.79 Å². The zero-order valence-corrected chi connectivity index (χ0v) is 15.5. The van der Waals surface area contributed by atoms with Gasteiger partial charge < -0.3 is 0 Å². The molecule has 1 unspecified atom stereocenters. The van der Waals surface area contributed by atoms with Crippen LogP contribution in [0.15, 0.2) is 34.9 Å². The van der Waals surface area contributed by atoms with Crippen LogP contribution in [0.3, 0.4) is 0 Å². The molecule has 0 bridgehead atoms. The second-order valence-corrected chi connectivity index (χ2v) is 8.27. The van der Waals surface area contributed by atoms with Gasteiger partial charge in [0.05, 0.1) is 29.2 Å². The molecule has 1 aromatic carbocycles. The number of nitriles is 1. The van der Waals surface area contributed by atoms with Crippen LogP contribution in [0.4, 0.5) is 0 Å². The lowest BCUT2D eigenvalue weighted by Gasteiger charge is -2.43. The number of allylic oxidation sites excluding steroid dienone is 1. The topological polar surface area (TPSA) is 47.3 Å². The Bertz CT molecular complexity index is 749. The van der Waals surface area contributed by atoms with E-state index in [4.69, 9.17) is 11.6 Å². The molecule has 1 aliphatic carbocycles. The maximum atomic E-state index is 12.8. The number of amides is 1. The Hall–Kier alpha value is -1.48. The van der Waals surface area contributed by atoms with Crippen molar-refractivity contribution in [2.75, 3.05) is 12.5 Å². The zero-order valence-electron chi connectivity index (χ0n) is 13.9. The van der Waals surface area contributed by atoms with Crippen molar-refractivity contribution in [3.05, 3.63) is 45.5 Å². The lowest BCUT2D eigenvalue weighted by molar-refractivity contribution is -0.132. The van der Waals surface area contributed by atoms with Crippen molar-refractivity contribution in [2.45, 2.75) is 44.1 Å². The third-order valence-electron chi connectivity index (χ3n) is 5.43. The van der Waals surface area contributed by atoms with Crippen molar-refractivity contribution in [1.29, 1.82) is 5.26 Å². The van der Waals surface area contributed by atoms with Gasteiger partial charge in [0, 0.05) is 23.4 Å². The van der Waals surface area contributed by atoms with E-state index in [0.29, 0.717) is 24.2 Å². The van der Waals surface area contributed by atoms with Crippen molar-refractivity contribution in [3.63, 3.8) is 0 Å². The van der Waals surface area contributed by atoms with Crippen LogP contribution in [-0.4, -0.2) is 34.3 Å². The van der Waals surface area contributed by atoms with Gasteiger partial charge in [-0.25, -0.2) is 0 Å². The van der Waals surface area contributed by atoms with Crippen molar-refractivity contribution in [3.8, 4) is 6.07 Å². The number of rotatable bonds is 2. The second-order valence-electron chi connectivity index (χ2n) is 6.90. The highest BCUT2D eigenvalue weighted by Crippen LogP contribution is 2.43. The van der Waals surface area contributed by atoms with E-state index in [-0.39, 0.29) is 11.8 Å². The number of halogens is 1. The third-order valence-corrected chi connectivity index (χ3v) is 6.85. The molecule has 4 rings (SSSR count). The van der Waals surface area contributed by atoms with Gasteiger partial charge in [0.1, 0.15) is 0 Å². The lowest BCUT2D eigenvalue weighted by Crippen LogP contribution is -2.50. The van der Waals surface area contributed by atoms with E-state index in [1.165, 1.54) is 25.7 Å². The number of carbonyl (C=O) groups excluding carboxylic acids is 1. The van der Waals surface area contributed by atoms with Crippen LogP contribution >= 0.6 is 23.4 Å². The van der Waals surface area contributed by atoms with Gasteiger partial charge >= 0.3 is 0 Å². The first-order valence-electron chi connectivity index (χ1n) is 8.74. The molecule has 2 fully saturated rings. The fraction of sp³-hybridized carbons (Fsp3) is 0.474. The maximum absolute atomic E-state index is 12.8. The molecule has 2 heterocycles. The van der Waals surface area contributed by atoms with Gasteiger partial charge in [0.25, 0.3) is 0 Å². The number of carbonyl (C=O) groups is 1. The summed E-state index contributed by atoms with van der Waals surface area (Å²) >= 11 is 7.62. The van der Waals surface area contributed by atoms with Gasteiger partial charge in [-0.15, -0.1) is 0 Å². The average molecular weight is 374 g/mol. The maximum Gasteiger partial charge on any atom is 0.229 e. The summed E-state index contributed by atoms with van der Waals surface area (Å²) in [5.74, 6) is 0.818. The normalized spacial score (nSPS) is 25.2. The van der Waals surface area contributed by atoms with E-state index >= 15 is 0 Å². The molecular formula is C19H20ClN3OS. The molecule has 1 atom stereocenters. The summed E-state index contributed by atoms with van der Waals surface area (Å²) in [4.78, 5) is 17.0. The Labute approximate surface area is 157 Å². The summed E-state index contributed by atoms with van der Waals surface area (Å²) in [7, 11) is 0. The SMILES string of the molecule is N#CC1=C2SCN(C3CCCC3)CN2C(=O)CC1c1ccc(Cl)cc1. The van der Waals surface area contributed by atoms with Gasteiger partial charge in [-0.3, -0.25) is 14.6 Å². The zero-order chi connectivity index (χ0) is 17.4. The molecule has 1 saturated carbocycles. The molecule has 0 aromatic heterocycles. The molecule has 1 aromatic rings. The number of hydrogen-bond acceptors (Lipinski definition) is 4. The first kappa shape index (κ1) is 17.0. The van der Waals surface area contributed by atoms with E-state index in [1.54, 1.807) is 11.8 Å².